The molecule has 0 atom stereocenters. The molecule has 0 amide bonds. The average Bonchev–Trinajstić information content (AvgIpc) is 2.94. The molecule has 0 fully saturated rings. The van der Waals surface area contributed by atoms with Crippen LogP contribution in [0, 0.1) is 0 Å². The summed E-state index contributed by atoms with van der Waals surface area (Å²) in [7, 11) is -11.7. The van der Waals surface area contributed by atoms with E-state index in [2.05, 4.69) is 4.74 Å². The Labute approximate surface area is 300 Å². The van der Waals surface area contributed by atoms with Crippen LogP contribution in [0.15, 0.2) is 60.7 Å². The fraction of sp³-hybridized carbons (Fsp3) is 0.400. The monoisotopic (exact) mass is 836 g/mol. The van der Waals surface area contributed by atoms with Crippen molar-refractivity contribution in [2.75, 3.05) is 18.6 Å². The van der Waals surface area contributed by atoms with Gasteiger partial charge in [0.15, 0.2) is 0 Å². The molecular formula is C25H32Cl2F6O13S2Ti. The third-order valence-corrected chi connectivity index (χ3v) is 4.82. The number of benzene rings is 2. The fourth-order valence-electron chi connectivity index (χ4n) is 1.93. The van der Waals surface area contributed by atoms with E-state index in [0.717, 1.165) is 33.2 Å². The molecule has 3 N–H and O–H groups in total. The molecule has 2 rings (SSSR count). The molecule has 24 heteroatoms. The number of aliphatic hydroxyl groups is 1. The number of esters is 3. The van der Waals surface area contributed by atoms with E-state index >= 15 is 0 Å². The molecule has 0 unspecified atom stereocenters. The van der Waals surface area contributed by atoms with Crippen LogP contribution >= 0.6 is 23.2 Å². The summed E-state index contributed by atoms with van der Waals surface area (Å²) in [6, 6.07) is 19.9. The van der Waals surface area contributed by atoms with E-state index in [1.165, 1.54) is 31.9 Å². The van der Waals surface area contributed by atoms with Crippen molar-refractivity contribution in [3.05, 3.63) is 71.8 Å². The van der Waals surface area contributed by atoms with Gasteiger partial charge in [-0.25, -0.2) is 0 Å². The molecule has 282 valence electrons. The van der Waals surface area contributed by atoms with Crippen LogP contribution in [0.5, 0.6) is 0 Å². The van der Waals surface area contributed by atoms with Gasteiger partial charge in [0.25, 0.3) is 0 Å². The zero-order chi connectivity index (χ0) is 39.9. The van der Waals surface area contributed by atoms with Crippen LogP contribution in [0.2, 0.25) is 0 Å². The zero-order valence-corrected chi connectivity index (χ0v) is 30.3. The van der Waals surface area contributed by atoms with E-state index < -0.39 is 43.2 Å². The van der Waals surface area contributed by atoms with Gasteiger partial charge in [-0.1, -0.05) is 60.7 Å². The van der Waals surface area contributed by atoms with Gasteiger partial charge in [0.2, 0.25) is 0 Å². The number of aliphatic hydroxyl groups excluding tert-OH is 1. The van der Waals surface area contributed by atoms with E-state index in [1.54, 1.807) is 0 Å². The number of ether oxygens (including phenoxy) is 2. The van der Waals surface area contributed by atoms with Crippen LogP contribution in [-0.2, 0) is 80.7 Å². The molecule has 0 saturated carbocycles. The number of hydrogen-bond donors (Lipinski definition) is 3. The first-order valence-electron chi connectivity index (χ1n) is 12.2. The molecule has 49 heavy (non-hydrogen) atoms. The SMILES string of the molecule is CC(=O)OC(C)=O.CC(=O)OCCc1ccccc1.ClCCl.O=S(=O)(O)C(F)(F)F.O=S(=O)(O)C(F)(F)F.OCCc1ccccc1.[O]=[Ti]. The van der Waals surface area contributed by atoms with E-state index in [0.29, 0.717) is 6.61 Å². The molecule has 0 aromatic heterocycles. The number of alkyl halides is 8. The molecule has 13 nitrogen and oxygen atoms in total. The predicted molar refractivity (Wildman–Crippen MR) is 159 cm³/mol. The van der Waals surface area contributed by atoms with Crippen molar-refractivity contribution < 1.29 is 105 Å². The Balaban J connectivity index is -0.000000161. The van der Waals surface area contributed by atoms with Gasteiger partial charge in [-0.2, -0.15) is 43.2 Å². The third kappa shape index (κ3) is 43.5. The van der Waals surface area contributed by atoms with Crippen molar-refractivity contribution in [2.24, 2.45) is 0 Å². The molecule has 0 bridgehead atoms. The first kappa shape index (κ1) is 55.9. The van der Waals surface area contributed by atoms with Crippen LogP contribution < -0.4 is 0 Å². The summed E-state index contributed by atoms with van der Waals surface area (Å²) in [5.74, 6) is -1.34. The number of hydrogen-bond acceptors (Lipinski definition) is 11. The van der Waals surface area contributed by atoms with Gasteiger partial charge < -0.3 is 14.6 Å². The summed E-state index contributed by atoms with van der Waals surface area (Å²) in [5.41, 5.74) is -8.68. The second-order valence-electron chi connectivity index (χ2n) is 7.56. The van der Waals surface area contributed by atoms with E-state index in [9.17, 15) is 40.7 Å². The minimum atomic E-state index is -5.84. The Morgan fingerprint density at radius 2 is 0.939 bits per heavy atom. The summed E-state index contributed by atoms with van der Waals surface area (Å²) in [6.07, 6.45) is 1.56. The van der Waals surface area contributed by atoms with E-state index in [1.807, 2.05) is 60.7 Å². The number of halogens is 8. The molecule has 0 heterocycles. The fourth-order valence-corrected chi connectivity index (χ4v) is 1.93. The van der Waals surface area contributed by atoms with Crippen molar-refractivity contribution in [1.29, 1.82) is 0 Å². The second-order valence-corrected chi connectivity index (χ2v) is 11.2. The van der Waals surface area contributed by atoms with Crippen molar-refractivity contribution >= 4 is 61.3 Å². The Hall–Kier alpha value is -2.50. The van der Waals surface area contributed by atoms with Crippen LogP contribution in [0.3, 0.4) is 0 Å². The molecule has 2 aromatic rings. The Morgan fingerprint density at radius 3 is 1.12 bits per heavy atom. The van der Waals surface area contributed by atoms with Crippen LogP contribution in [-0.4, -0.2) is 78.5 Å². The summed E-state index contributed by atoms with van der Waals surface area (Å²) in [4.78, 5) is 30.0. The number of carbonyl (C=O) groups is 3. The molecular weight excluding hydrogens is 805 g/mol. The topological polar surface area (TPSA) is 216 Å². The van der Waals surface area contributed by atoms with Crippen LogP contribution in [0.25, 0.3) is 0 Å². The van der Waals surface area contributed by atoms with E-state index in [-0.39, 0.29) is 17.9 Å². The maximum atomic E-state index is 10.7. The third-order valence-electron chi connectivity index (χ3n) is 3.65. The van der Waals surface area contributed by atoms with Crippen molar-refractivity contribution in [3.8, 4) is 0 Å². The summed E-state index contributed by atoms with van der Waals surface area (Å²) in [5, 5.41) is 8.71. The molecule has 2 aromatic carbocycles. The Bertz CT molecular complexity index is 1320. The minimum absolute atomic E-state index is 0.194. The van der Waals surface area contributed by atoms with Gasteiger partial charge in [0.1, 0.15) is 0 Å². The van der Waals surface area contributed by atoms with Gasteiger partial charge in [0, 0.05) is 33.8 Å². The molecule has 0 aliphatic rings. The summed E-state index contributed by atoms with van der Waals surface area (Å²) >= 11 is 10.3. The van der Waals surface area contributed by atoms with Crippen molar-refractivity contribution in [1.82, 2.24) is 0 Å². The molecule has 0 aliphatic carbocycles. The van der Waals surface area contributed by atoms with Gasteiger partial charge >= 0.3 is 72.9 Å². The summed E-state index contributed by atoms with van der Waals surface area (Å²) < 4.78 is 132. The van der Waals surface area contributed by atoms with Crippen molar-refractivity contribution in [3.63, 3.8) is 0 Å². The molecule has 0 spiro atoms. The Kier molecular flexibility index (Phi) is 35.9. The van der Waals surface area contributed by atoms with Crippen LogP contribution in [0.4, 0.5) is 26.3 Å². The molecule has 0 aliphatic heterocycles. The molecule has 0 radical (unpaired) electrons. The Morgan fingerprint density at radius 1 is 0.673 bits per heavy atom. The average molecular weight is 837 g/mol. The van der Waals surface area contributed by atoms with Gasteiger partial charge in [-0.3, -0.25) is 23.5 Å². The second kappa shape index (κ2) is 31.5. The molecule has 0 saturated heterocycles. The van der Waals surface area contributed by atoms with Crippen molar-refractivity contribution in [2.45, 2.75) is 44.6 Å². The standard InChI is InChI=1S/C10H12O2.C8H10O.C4H6O3.CH2Cl2.2CHF3O3S.O.Ti/c1-9(11)12-8-7-10-5-3-2-4-6-10;9-7-6-8-4-2-1-3-5-8;1-3(5)7-4(2)6;2-1-3;2*2-1(3,4)8(5,6)7;;/h2-6H,7-8H2,1H3;1-5,9H,6-7H2;1-2H3;1H2;2*(H,5,6,7);;. The maximum absolute atomic E-state index is 10.7. The predicted octanol–water partition coefficient (Wildman–Crippen LogP) is 5.20. The van der Waals surface area contributed by atoms with Crippen LogP contribution in [0.1, 0.15) is 31.9 Å². The first-order chi connectivity index (χ1) is 22.3. The van der Waals surface area contributed by atoms with Gasteiger partial charge in [-0.05, 0) is 17.5 Å². The first-order valence-corrected chi connectivity index (χ1v) is 16.8. The zero-order valence-electron chi connectivity index (χ0n) is 25.6. The number of carbonyl (C=O) groups excluding carboxylic acids is 3. The summed E-state index contributed by atoms with van der Waals surface area (Å²) in [6.45, 7) is 4.50. The quantitative estimate of drug-likeness (QED) is 0.0673. The normalized spacial score (nSPS) is 10.1. The number of rotatable bonds is 5. The van der Waals surface area contributed by atoms with Gasteiger partial charge in [0.05, 0.1) is 11.9 Å². The van der Waals surface area contributed by atoms with Gasteiger partial charge in [-0.15, -0.1) is 23.2 Å². The van der Waals surface area contributed by atoms with E-state index in [4.69, 9.17) is 62.3 Å².